The monoisotopic (exact) mass is 670 g/mol. The van der Waals surface area contributed by atoms with E-state index in [-0.39, 0.29) is 23.9 Å². The lowest BCUT2D eigenvalue weighted by atomic mass is 9.96. The Hall–Kier alpha value is -5.24. The number of ether oxygens (including phenoxy) is 1. The van der Waals surface area contributed by atoms with E-state index in [1.807, 2.05) is 30.3 Å². The van der Waals surface area contributed by atoms with E-state index in [1.54, 1.807) is 6.92 Å². The fourth-order valence-corrected chi connectivity index (χ4v) is 5.93. The number of hydrogen-bond acceptors (Lipinski definition) is 7. The van der Waals surface area contributed by atoms with Crippen LogP contribution in [0.25, 0.3) is 33.5 Å². The second-order valence-corrected chi connectivity index (χ2v) is 12.6. The van der Waals surface area contributed by atoms with Crippen LogP contribution >= 0.6 is 0 Å². The van der Waals surface area contributed by atoms with Crippen LogP contribution in [0.4, 0.5) is 19.3 Å². The number of morpholine rings is 1. The van der Waals surface area contributed by atoms with E-state index >= 15 is 4.39 Å². The third-order valence-electron chi connectivity index (χ3n) is 8.60. The van der Waals surface area contributed by atoms with Crippen LogP contribution in [-0.2, 0) is 16.9 Å². The molecule has 2 aromatic heterocycles. The number of H-pyrrole nitrogens is 1. The molecule has 254 valence electrons. The Morgan fingerprint density at radius 3 is 2.57 bits per heavy atom. The van der Waals surface area contributed by atoms with Crippen LogP contribution < -0.4 is 10.6 Å². The van der Waals surface area contributed by atoms with Crippen molar-refractivity contribution in [2.24, 2.45) is 0 Å². The first-order valence-corrected chi connectivity index (χ1v) is 15.7. The zero-order valence-electron chi connectivity index (χ0n) is 27.2. The third kappa shape index (κ3) is 7.59. The highest BCUT2D eigenvalue weighted by Gasteiger charge is 2.23. The Bertz CT molecular complexity index is 2030. The van der Waals surface area contributed by atoms with Gasteiger partial charge in [0, 0.05) is 48.5 Å². The van der Waals surface area contributed by atoms with Gasteiger partial charge in [-0.1, -0.05) is 30.3 Å². The van der Waals surface area contributed by atoms with Crippen LogP contribution in [-0.4, -0.2) is 74.4 Å². The van der Waals surface area contributed by atoms with E-state index in [2.05, 4.69) is 30.5 Å². The lowest BCUT2D eigenvalue weighted by Gasteiger charge is -2.32. The maximum Gasteiger partial charge on any atom is 0.404 e. The number of hydrogen-bond donors (Lipinski definition) is 5. The summed E-state index contributed by atoms with van der Waals surface area (Å²) >= 11 is 0. The number of halogens is 2. The number of fused-ring (bicyclic) bond motifs is 1. The fraction of sp³-hybridized carbons (Fsp3) is 0.278. The molecule has 1 aliphatic rings. The number of aliphatic hydroxyl groups is 1. The minimum absolute atomic E-state index is 0.161. The maximum absolute atomic E-state index is 15.0. The van der Waals surface area contributed by atoms with E-state index < -0.39 is 29.2 Å². The lowest BCUT2D eigenvalue weighted by Crippen LogP contribution is -2.46. The third-order valence-corrected chi connectivity index (χ3v) is 8.60. The van der Waals surface area contributed by atoms with E-state index in [0.29, 0.717) is 53.1 Å². The van der Waals surface area contributed by atoms with Gasteiger partial charge in [-0.2, -0.15) is 0 Å². The van der Waals surface area contributed by atoms with Gasteiger partial charge in [0.1, 0.15) is 23.6 Å². The predicted octanol–water partition coefficient (Wildman–Crippen LogP) is 5.83. The van der Waals surface area contributed by atoms with Crippen molar-refractivity contribution in [3.63, 3.8) is 0 Å². The van der Waals surface area contributed by atoms with Crippen molar-refractivity contribution in [3.8, 4) is 22.5 Å². The molecule has 3 aromatic carbocycles. The Balaban J connectivity index is 1.22. The van der Waals surface area contributed by atoms with E-state index in [0.717, 1.165) is 29.4 Å². The zero-order valence-corrected chi connectivity index (χ0v) is 27.2. The number of carbonyl (C=O) groups excluding carboxylic acids is 1. The molecule has 1 aliphatic heterocycles. The summed E-state index contributed by atoms with van der Waals surface area (Å²) in [5.74, 6) is -2.18. The summed E-state index contributed by atoms with van der Waals surface area (Å²) in [5.41, 5.74) is 3.68. The van der Waals surface area contributed by atoms with Crippen LogP contribution in [0, 0.1) is 18.6 Å². The highest BCUT2D eigenvalue weighted by molar-refractivity contribution is 6.06. The highest BCUT2D eigenvalue weighted by atomic mass is 19.1. The van der Waals surface area contributed by atoms with E-state index in [4.69, 9.17) is 9.84 Å². The molecule has 1 saturated heterocycles. The maximum atomic E-state index is 15.0. The molecule has 11 nitrogen and oxygen atoms in total. The molecule has 3 heterocycles. The Morgan fingerprint density at radius 1 is 1.08 bits per heavy atom. The smallest absolute Gasteiger partial charge is 0.404 e. The molecular formula is C36H36F2N6O5. The molecule has 0 aliphatic carbocycles. The number of carbonyl (C=O) groups is 2. The first-order valence-electron chi connectivity index (χ1n) is 15.7. The van der Waals surface area contributed by atoms with Gasteiger partial charge < -0.3 is 30.6 Å². The minimum atomic E-state index is -1.29. The van der Waals surface area contributed by atoms with Crippen molar-refractivity contribution in [2.75, 3.05) is 31.6 Å². The number of amides is 2. The molecule has 0 saturated carbocycles. The average molecular weight is 671 g/mol. The second-order valence-electron chi connectivity index (χ2n) is 12.6. The Kier molecular flexibility index (Phi) is 9.41. The number of benzene rings is 3. The fourth-order valence-electron chi connectivity index (χ4n) is 5.93. The summed E-state index contributed by atoms with van der Waals surface area (Å²) < 4.78 is 35.6. The number of aromatic nitrogens is 3. The van der Waals surface area contributed by atoms with Crippen LogP contribution in [0.3, 0.4) is 0 Å². The van der Waals surface area contributed by atoms with Crippen LogP contribution in [0.2, 0.25) is 0 Å². The van der Waals surface area contributed by atoms with Crippen molar-refractivity contribution in [3.05, 3.63) is 101 Å². The molecule has 6 rings (SSSR count). The molecule has 1 fully saturated rings. The molecule has 0 bridgehead atoms. The molecule has 2 amide bonds. The summed E-state index contributed by atoms with van der Waals surface area (Å²) in [5, 5.41) is 24.7. The van der Waals surface area contributed by atoms with E-state index in [9.17, 15) is 19.1 Å². The van der Waals surface area contributed by atoms with Gasteiger partial charge in [0.2, 0.25) is 0 Å². The minimum Gasteiger partial charge on any atom is -0.465 e. The molecule has 5 N–H and O–H groups in total. The molecule has 13 heteroatoms. The summed E-state index contributed by atoms with van der Waals surface area (Å²) in [6, 6.07) is 16.3. The number of nitrogens with one attached hydrogen (secondary N) is 3. The highest BCUT2D eigenvalue weighted by Crippen LogP contribution is 2.35. The van der Waals surface area contributed by atoms with Gasteiger partial charge in [-0.15, -0.1) is 0 Å². The first-order chi connectivity index (χ1) is 23.4. The van der Waals surface area contributed by atoms with Crippen molar-refractivity contribution in [1.29, 1.82) is 0 Å². The van der Waals surface area contributed by atoms with E-state index in [1.165, 1.54) is 44.4 Å². The number of anilines is 1. The molecule has 1 unspecified atom stereocenters. The average Bonchev–Trinajstić information content (AvgIpc) is 3.50. The van der Waals surface area contributed by atoms with Crippen molar-refractivity contribution in [1.82, 2.24) is 25.2 Å². The number of nitrogens with zero attached hydrogens (tertiary/aromatic N) is 3. The van der Waals surface area contributed by atoms with Gasteiger partial charge in [0.15, 0.2) is 0 Å². The Labute approximate surface area is 281 Å². The van der Waals surface area contributed by atoms with Gasteiger partial charge in [-0.3, -0.25) is 9.69 Å². The van der Waals surface area contributed by atoms with Gasteiger partial charge in [0.25, 0.3) is 5.91 Å². The van der Waals surface area contributed by atoms with Crippen LogP contribution in [0.1, 0.15) is 40.9 Å². The van der Waals surface area contributed by atoms with Crippen molar-refractivity contribution in [2.45, 2.75) is 39.0 Å². The lowest BCUT2D eigenvalue weighted by molar-refractivity contribution is -0.0293. The van der Waals surface area contributed by atoms with Gasteiger partial charge in [0.05, 0.1) is 29.6 Å². The van der Waals surface area contributed by atoms with Crippen LogP contribution in [0.5, 0.6) is 0 Å². The predicted molar refractivity (Wildman–Crippen MR) is 180 cm³/mol. The van der Waals surface area contributed by atoms with Gasteiger partial charge in [-0.05, 0) is 73.4 Å². The number of carboxylic acid groups (broad SMARTS) is 1. The largest absolute Gasteiger partial charge is 0.465 e. The SMILES string of the molecule is Cc1c(NC(=O)c2ccc(C(C)(C)O)cc2F)cc(F)cc1-c1ncnc2[nH]c(-c3ccc(CN4CCOC(CNC(=O)O)C4)cc3)cc12. The summed E-state index contributed by atoms with van der Waals surface area (Å²) in [6.07, 6.45) is 0.0984. The zero-order chi connectivity index (χ0) is 34.9. The summed E-state index contributed by atoms with van der Waals surface area (Å²) in [4.78, 5) is 38.3. The van der Waals surface area contributed by atoms with Gasteiger partial charge in [-0.25, -0.2) is 23.5 Å². The van der Waals surface area contributed by atoms with Crippen LogP contribution in [0.15, 0.2) is 67.0 Å². The summed E-state index contributed by atoms with van der Waals surface area (Å²) in [7, 11) is 0. The topological polar surface area (TPSA) is 153 Å². The number of rotatable bonds is 9. The normalized spacial score (nSPS) is 15.3. The summed E-state index contributed by atoms with van der Waals surface area (Å²) in [6.45, 7) is 7.56. The molecule has 49 heavy (non-hydrogen) atoms. The quantitative estimate of drug-likeness (QED) is 0.131. The molecule has 1 atom stereocenters. The Morgan fingerprint density at radius 2 is 1.86 bits per heavy atom. The standard InChI is InChI=1S/C36H36F2N6O5/c1-20-27(13-24(37)14-30(20)43-34(45)26-9-8-23(12-29(26)38)36(2,3)48)32-28-15-31(42-33(28)41-19-40-32)22-6-4-21(5-7-22)17-44-10-11-49-25(18-44)16-39-35(46)47/h4-9,12-15,19,25,39,48H,10-11,16-18H2,1-3H3,(H,43,45)(H,46,47)(H,40,41,42). The molecule has 0 spiro atoms. The first kappa shape index (κ1) is 33.7. The second kappa shape index (κ2) is 13.7. The van der Waals surface area contributed by atoms with Crippen molar-refractivity contribution >= 4 is 28.7 Å². The van der Waals surface area contributed by atoms with Gasteiger partial charge >= 0.3 is 6.09 Å². The molecular weight excluding hydrogens is 634 g/mol. The molecule has 5 aromatic rings. The van der Waals surface area contributed by atoms with Crippen molar-refractivity contribution < 1.29 is 33.3 Å². The molecule has 0 radical (unpaired) electrons. The number of aromatic amines is 1.